The van der Waals surface area contributed by atoms with Gasteiger partial charge in [-0.15, -0.1) is 0 Å². The third-order valence-corrected chi connectivity index (χ3v) is 11.3. The van der Waals surface area contributed by atoms with Crippen molar-refractivity contribution in [2.75, 3.05) is 46.9 Å². The molecule has 4 N–H and O–H groups in total. The van der Waals surface area contributed by atoms with E-state index in [1.54, 1.807) is 13.8 Å². The number of nitrogens with zero attached hydrogens (tertiary/aromatic N) is 1. The molecule has 0 aliphatic heterocycles. The van der Waals surface area contributed by atoms with Gasteiger partial charge in [-0.1, -0.05) is 173 Å². The van der Waals surface area contributed by atoms with E-state index in [4.69, 9.17) is 0 Å². The fourth-order valence-corrected chi connectivity index (χ4v) is 7.27. The molecule has 0 aromatic carbocycles. The van der Waals surface area contributed by atoms with Crippen LogP contribution in [0.15, 0.2) is 0 Å². The summed E-state index contributed by atoms with van der Waals surface area (Å²) in [7, 11) is 4.36. The Morgan fingerprint density at radius 2 is 0.828 bits per heavy atom. The number of unbranched alkanes of at least 4 members (excludes halogenated alkanes) is 25. The van der Waals surface area contributed by atoms with Gasteiger partial charge in [0, 0.05) is 25.9 Å². The third-order valence-electron chi connectivity index (χ3n) is 11.3. The molecule has 0 aromatic heterocycles. The number of hydrogen-bond donors (Lipinski definition) is 4. The van der Waals surface area contributed by atoms with Crippen LogP contribution in [0.4, 0.5) is 0 Å². The Balaban J connectivity index is 0. The second-order valence-corrected chi connectivity index (χ2v) is 17.8. The number of nitrogens with one attached hydrogen (secondary N) is 3. The van der Waals surface area contributed by atoms with Gasteiger partial charge >= 0.3 is 0 Å². The van der Waals surface area contributed by atoms with Gasteiger partial charge in [0.05, 0.1) is 27.2 Å². The first kappa shape index (κ1) is 62.2. The van der Waals surface area contributed by atoms with Crippen LogP contribution in [0, 0.1) is 59.2 Å². The highest BCUT2D eigenvalue weighted by Crippen LogP contribution is 2.13. The van der Waals surface area contributed by atoms with Gasteiger partial charge < -0.3 is 25.5 Å². The Morgan fingerprint density at radius 3 is 1.25 bits per heavy atom. The summed E-state index contributed by atoms with van der Waals surface area (Å²) in [6, 6.07) is -0.667. The van der Waals surface area contributed by atoms with Crippen molar-refractivity contribution in [3.63, 3.8) is 0 Å². The van der Waals surface area contributed by atoms with Crippen LogP contribution in [0.1, 0.15) is 227 Å². The Labute approximate surface area is 395 Å². The van der Waals surface area contributed by atoms with E-state index in [0.29, 0.717) is 25.9 Å². The van der Waals surface area contributed by atoms with Crippen molar-refractivity contribution in [3.8, 4) is 59.2 Å². The van der Waals surface area contributed by atoms with Gasteiger partial charge in [0.2, 0.25) is 17.7 Å². The minimum atomic E-state index is -0.667. The fraction of sp³-hybridized carbons (Fsp3) is 0.768. The predicted octanol–water partition coefficient (Wildman–Crippen LogP) is 10.9. The number of amides is 3. The lowest BCUT2D eigenvalue weighted by Gasteiger charge is -2.28. The Bertz CT molecular complexity index is 1420. The van der Waals surface area contributed by atoms with E-state index in [2.05, 4.69) is 103 Å². The molecular formula is C56H95N4O4+. The highest BCUT2D eigenvalue weighted by Gasteiger charge is 2.21. The number of quaternary nitrogens is 1. The number of carbonyl (C=O) groups is 3. The zero-order valence-electron chi connectivity index (χ0n) is 42.2. The van der Waals surface area contributed by atoms with Gasteiger partial charge in [0.15, 0.2) is 0 Å². The first-order chi connectivity index (χ1) is 31.2. The first-order valence-electron chi connectivity index (χ1n) is 25.8. The van der Waals surface area contributed by atoms with Gasteiger partial charge in [0.25, 0.3) is 0 Å². The number of carbonyl (C=O) groups excluding carboxylic acids is 3. The van der Waals surface area contributed by atoms with Crippen molar-refractivity contribution in [1.29, 1.82) is 0 Å². The second kappa shape index (κ2) is 50.1. The second-order valence-electron chi connectivity index (χ2n) is 17.8. The number of rotatable bonds is 40. The smallest absolute Gasteiger partial charge is 0.242 e. The minimum Gasteiger partial charge on any atom is -0.391 e. The maximum atomic E-state index is 13.2. The zero-order chi connectivity index (χ0) is 47.5. The average molecular weight is 888 g/mol. The molecule has 0 fully saturated rings. The SMILES string of the molecule is CC#CC#CC#CC#CC#CC.CCCCCCCCCCCCNC(=O)CCC(NC(=O)CCCCCCCCCC[N+](C)(C)CCO)C(=O)NCCCCCCCCCCCC. The van der Waals surface area contributed by atoms with E-state index >= 15 is 0 Å². The van der Waals surface area contributed by atoms with Crippen LogP contribution in [0.2, 0.25) is 0 Å². The maximum Gasteiger partial charge on any atom is 0.242 e. The van der Waals surface area contributed by atoms with Crippen molar-refractivity contribution in [3.05, 3.63) is 0 Å². The molecule has 64 heavy (non-hydrogen) atoms. The molecule has 0 saturated carbocycles. The Kier molecular flexibility index (Phi) is 48.7. The summed E-state index contributed by atoms with van der Waals surface area (Å²) in [6.45, 7) is 11.4. The molecule has 0 heterocycles. The lowest BCUT2D eigenvalue weighted by molar-refractivity contribution is -0.890. The number of aliphatic hydroxyl groups excluding tert-OH is 1. The van der Waals surface area contributed by atoms with E-state index in [0.717, 1.165) is 62.5 Å². The summed E-state index contributed by atoms with van der Waals surface area (Å²) in [6.07, 6.45) is 35.2. The van der Waals surface area contributed by atoms with E-state index in [1.165, 1.54) is 135 Å². The van der Waals surface area contributed by atoms with Crippen LogP contribution in [0.5, 0.6) is 0 Å². The first-order valence-corrected chi connectivity index (χ1v) is 25.8. The van der Waals surface area contributed by atoms with Crippen molar-refractivity contribution in [2.24, 2.45) is 0 Å². The highest BCUT2D eigenvalue weighted by molar-refractivity contribution is 5.88. The third kappa shape index (κ3) is 49.2. The van der Waals surface area contributed by atoms with Crippen molar-refractivity contribution in [1.82, 2.24) is 16.0 Å². The molecule has 1 atom stereocenters. The van der Waals surface area contributed by atoms with Crippen LogP contribution in [-0.4, -0.2) is 80.2 Å². The Morgan fingerprint density at radius 1 is 0.453 bits per heavy atom. The Hall–Kier alpha value is -3.87. The number of likely N-dealkylation sites (N-methyl/N-ethyl adjacent to an activating group) is 1. The van der Waals surface area contributed by atoms with Crippen LogP contribution in [0.25, 0.3) is 0 Å². The molecule has 8 nitrogen and oxygen atoms in total. The zero-order valence-corrected chi connectivity index (χ0v) is 42.2. The summed E-state index contributed by atoms with van der Waals surface area (Å²) in [5.41, 5.74) is 0. The molecule has 0 rings (SSSR count). The summed E-state index contributed by atoms with van der Waals surface area (Å²) >= 11 is 0. The summed E-state index contributed by atoms with van der Waals surface area (Å²) in [5, 5.41) is 18.2. The van der Waals surface area contributed by atoms with Gasteiger partial charge in [-0.25, -0.2) is 0 Å². The quantitative estimate of drug-likeness (QED) is 0.0279. The van der Waals surface area contributed by atoms with E-state index in [1.807, 2.05) is 0 Å². The fourth-order valence-electron chi connectivity index (χ4n) is 7.27. The van der Waals surface area contributed by atoms with Crippen LogP contribution >= 0.6 is 0 Å². The normalized spacial score (nSPS) is 10.6. The average Bonchev–Trinajstić information content (AvgIpc) is 3.27. The summed E-state index contributed by atoms with van der Waals surface area (Å²) in [5.74, 6) is 25.3. The molecule has 1 unspecified atom stereocenters. The summed E-state index contributed by atoms with van der Waals surface area (Å²) < 4.78 is 0.882. The molecule has 0 spiro atoms. The minimum absolute atomic E-state index is 0.0365. The van der Waals surface area contributed by atoms with E-state index < -0.39 is 6.04 Å². The molecule has 362 valence electrons. The lowest BCUT2D eigenvalue weighted by Crippen LogP contribution is -2.47. The largest absolute Gasteiger partial charge is 0.391 e. The molecule has 0 radical (unpaired) electrons. The van der Waals surface area contributed by atoms with Crippen LogP contribution in [-0.2, 0) is 14.4 Å². The predicted molar refractivity (Wildman–Crippen MR) is 272 cm³/mol. The van der Waals surface area contributed by atoms with Gasteiger partial charge in [0.1, 0.15) is 12.6 Å². The molecule has 8 heteroatoms. The van der Waals surface area contributed by atoms with Crippen molar-refractivity contribution in [2.45, 2.75) is 233 Å². The molecule has 3 amide bonds. The molecule has 0 aliphatic carbocycles. The molecule has 0 saturated heterocycles. The number of hydrogen-bond acceptors (Lipinski definition) is 4. The van der Waals surface area contributed by atoms with Crippen molar-refractivity contribution < 1.29 is 24.0 Å². The van der Waals surface area contributed by atoms with Gasteiger partial charge in [-0.05, 0) is 99.7 Å². The van der Waals surface area contributed by atoms with Crippen LogP contribution < -0.4 is 16.0 Å². The molecule has 0 aliphatic rings. The van der Waals surface area contributed by atoms with Gasteiger partial charge in [-0.2, -0.15) is 0 Å². The molecule has 0 bridgehead atoms. The monoisotopic (exact) mass is 888 g/mol. The van der Waals surface area contributed by atoms with Gasteiger partial charge in [-0.3, -0.25) is 14.4 Å². The van der Waals surface area contributed by atoms with Crippen LogP contribution in [0.3, 0.4) is 0 Å². The highest BCUT2D eigenvalue weighted by atomic mass is 16.3. The van der Waals surface area contributed by atoms with E-state index in [9.17, 15) is 19.5 Å². The standard InChI is InChI=1S/C44H88N4O4.C12H6/c1-5-7-9-11-13-15-18-22-26-30-36-45-42(50)35-34-41(44(52)46-37-31-27-23-19-16-14-12-10-8-6-2)47-43(51)33-29-25-21-17-20-24-28-32-38-48(3,4)39-40-49;1-3-5-7-9-11-12-10-8-6-4-2/h41,49H,5-40H2,1-4H3,(H2-,45,46,47,50,51,52);1-2H3/p+1. The number of aliphatic hydroxyl groups is 1. The molecular weight excluding hydrogens is 793 g/mol. The molecule has 0 aromatic rings. The topological polar surface area (TPSA) is 108 Å². The lowest BCUT2D eigenvalue weighted by atomic mass is 10.1. The maximum absolute atomic E-state index is 13.2. The van der Waals surface area contributed by atoms with E-state index in [-0.39, 0.29) is 30.7 Å². The summed E-state index contributed by atoms with van der Waals surface area (Å²) in [4.78, 5) is 38.7. The van der Waals surface area contributed by atoms with Crippen molar-refractivity contribution >= 4 is 17.7 Å².